The highest BCUT2D eigenvalue weighted by Gasteiger charge is 2.05. The third-order valence-corrected chi connectivity index (χ3v) is 2.92. The zero-order valence-corrected chi connectivity index (χ0v) is 12.0. The van der Waals surface area contributed by atoms with E-state index in [0.717, 1.165) is 11.1 Å². The van der Waals surface area contributed by atoms with Crippen molar-refractivity contribution in [1.29, 1.82) is 0 Å². The smallest absolute Gasteiger partial charge is 0.224 e. The lowest BCUT2D eigenvalue weighted by molar-refractivity contribution is -0.120. The Kier molecular flexibility index (Phi) is 6.53. The van der Waals surface area contributed by atoms with Gasteiger partial charge >= 0.3 is 0 Å². The first-order valence-electron chi connectivity index (χ1n) is 6.70. The minimum atomic E-state index is -0.356. The van der Waals surface area contributed by atoms with Crippen LogP contribution in [0, 0.1) is 13.8 Å². The standard InChI is InChI=1S/C15H24N2O2/c1-11-4-5-12(2)14(8-11)9-15(19)17-7-6-16-10-13(3)18/h4-5,8,13,16,18H,6-7,9-10H2,1-3H3,(H,17,19). The second-order valence-corrected chi connectivity index (χ2v) is 5.01. The zero-order valence-electron chi connectivity index (χ0n) is 12.0. The lowest BCUT2D eigenvalue weighted by Gasteiger charge is -2.10. The fourth-order valence-electron chi connectivity index (χ4n) is 1.83. The maximum absolute atomic E-state index is 11.8. The van der Waals surface area contributed by atoms with Crippen LogP contribution in [0.1, 0.15) is 23.6 Å². The van der Waals surface area contributed by atoms with Crippen LogP contribution in [0.4, 0.5) is 0 Å². The number of carbonyl (C=O) groups excluding carboxylic acids is 1. The van der Waals surface area contributed by atoms with E-state index >= 15 is 0 Å². The molecule has 0 heterocycles. The van der Waals surface area contributed by atoms with E-state index in [0.29, 0.717) is 26.1 Å². The van der Waals surface area contributed by atoms with Crippen molar-refractivity contribution in [3.05, 3.63) is 34.9 Å². The van der Waals surface area contributed by atoms with Gasteiger partial charge in [-0.2, -0.15) is 0 Å². The van der Waals surface area contributed by atoms with Gasteiger partial charge in [-0.1, -0.05) is 23.8 Å². The number of carbonyl (C=O) groups is 1. The van der Waals surface area contributed by atoms with Gasteiger partial charge in [-0.25, -0.2) is 0 Å². The van der Waals surface area contributed by atoms with Crippen molar-refractivity contribution in [3.63, 3.8) is 0 Å². The summed E-state index contributed by atoms with van der Waals surface area (Å²) >= 11 is 0. The molecule has 1 aromatic rings. The molecule has 1 atom stereocenters. The summed E-state index contributed by atoms with van der Waals surface area (Å²) in [5, 5.41) is 15.0. The van der Waals surface area contributed by atoms with Crippen LogP contribution < -0.4 is 10.6 Å². The first-order valence-corrected chi connectivity index (χ1v) is 6.70. The SMILES string of the molecule is Cc1ccc(C)c(CC(=O)NCCNCC(C)O)c1. The molecule has 19 heavy (non-hydrogen) atoms. The Hall–Kier alpha value is -1.39. The molecule has 0 saturated carbocycles. The van der Waals surface area contributed by atoms with Gasteiger partial charge in [0.15, 0.2) is 0 Å². The fraction of sp³-hybridized carbons (Fsp3) is 0.533. The summed E-state index contributed by atoms with van der Waals surface area (Å²) in [4.78, 5) is 11.8. The predicted octanol–water partition coefficient (Wildman–Crippen LogP) is 0.933. The van der Waals surface area contributed by atoms with E-state index < -0.39 is 0 Å². The van der Waals surface area contributed by atoms with E-state index in [1.54, 1.807) is 6.92 Å². The average molecular weight is 264 g/mol. The Morgan fingerprint density at radius 2 is 2.05 bits per heavy atom. The van der Waals surface area contributed by atoms with E-state index in [1.807, 2.05) is 19.9 Å². The van der Waals surface area contributed by atoms with Gasteiger partial charge in [-0.3, -0.25) is 4.79 Å². The minimum Gasteiger partial charge on any atom is -0.392 e. The third kappa shape index (κ3) is 6.36. The van der Waals surface area contributed by atoms with Crippen LogP contribution in [0.5, 0.6) is 0 Å². The largest absolute Gasteiger partial charge is 0.392 e. The molecular formula is C15H24N2O2. The second-order valence-electron chi connectivity index (χ2n) is 5.01. The number of aliphatic hydroxyl groups is 1. The van der Waals surface area contributed by atoms with Crippen molar-refractivity contribution in [2.24, 2.45) is 0 Å². The molecule has 3 N–H and O–H groups in total. The van der Waals surface area contributed by atoms with E-state index in [9.17, 15) is 4.79 Å². The first kappa shape index (κ1) is 15.7. The van der Waals surface area contributed by atoms with Gasteiger partial charge in [0.25, 0.3) is 0 Å². The van der Waals surface area contributed by atoms with Gasteiger partial charge in [-0.15, -0.1) is 0 Å². The molecule has 4 nitrogen and oxygen atoms in total. The highest BCUT2D eigenvalue weighted by molar-refractivity contribution is 5.78. The second kappa shape index (κ2) is 7.92. The number of hydrogen-bond donors (Lipinski definition) is 3. The van der Waals surface area contributed by atoms with Crippen molar-refractivity contribution in [2.75, 3.05) is 19.6 Å². The van der Waals surface area contributed by atoms with Crippen molar-refractivity contribution in [2.45, 2.75) is 33.3 Å². The molecule has 1 rings (SSSR count). The molecular weight excluding hydrogens is 240 g/mol. The van der Waals surface area contributed by atoms with E-state index in [1.165, 1.54) is 5.56 Å². The maximum atomic E-state index is 11.8. The molecule has 0 spiro atoms. The predicted molar refractivity (Wildman–Crippen MR) is 77.2 cm³/mol. The molecule has 0 aliphatic rings. The summed E-state index contributed by atoms with van der Waals surface area (Å²) in [7, 11) is 0. The lowest BCUT2D eigenvalue weighted by atomic mass is 10.0. The number of benzene rings is 1. The highest BCUT2D eigenvalue weighted by atomic mass is 16.3. The molecule has 0 aliphatic carbocycles. The highest BCUT2D eigenvalue weighted by Crippen LogP contribution is 2.11. The van der Waals surface area contributed by atoms with Crippen molar-refractivity contribution in [1.82, 2.24) is 10.6 Å². The Bertz CT molecular complexity index is 417. The van der Waals surface area contributed by atoms with Gasteiger partial charge in [0.1, 0.15) is 0 Å². The van der Waals surface area contributed by atoms with Gasteiger partial charge in [0.2, 0.25) is 5.91 Å². The molecule has 0 radical (unpaired) electrons. The van der Waals surface area contributed by atoms with E-state index in [2.05, 4.69) is 22.8 Å². The van der Waals surface area contributed by atoms with Gasteiger partial charge in [0.05, 0.1) is 12.5 Å². The molecule has 1 aromatic carbocycles. The molecule has 0 aliphatic heterocycles. The van der Waals surface area contributed by atoms with Crippen molar-refractivity contribution in [3.8, 4) is 0 Å². The summed E-state index contributed by atoms with van der Waals surface area (Å²) in [6, 6.07) is 6.15. The number of nitrogens with one attached hydrogen (secondary N) is 2. The first-order chi connectivity index (χ1) is 8.99. The fourth-order valence-corrected chi connectivity index (χ4v) is 1.83. The van der Waals surface area contributed by atoms with Crippen LogP contribution in [-0.4, -0.2) is 36.8 Å². The number of rotatable bonds is 7. The summed E-state index contributed by atoms with van der Waals surface area (Å²) in [6.07, 6.45) is 0.0647. The van der Waals surface area contributed by atoms with Crippen LogP contribution >= 0.6 is 0 Å². The summed E-state index contributed by atoms with van der Waals surface area (Å²) in [5.41, 5.74) is 3.40. The van der Waals surface area contributed by atoms with Crippen LogP contribution in [0.2, 0.25) is 0 Å². The Labute approximate surface area is 115 Å². The van der Waals surface area contributed by atoms with E-state index in [-0.39, 0.29) is 12.0 Å². The summed E-state index contributed by atoms with van der Waals surface area (Å²) in [5.74, 6) is 0.0348. The van der Waals surface area contributed by atoms with E-state index in [4.69, 9.17) is 5.11 Å². The Morgan fingerprint density at radius 3 is 2.74 bits per heavy atom. The van der Waals surface area contributed by atoms with Gasteiger partial charge < -0.3 is 15.7 Å². The van der Waals surface area contributed by atoms with Crippen LogP contribution in [-0.2, 0) is 11.2 Å². The maximum Gasteiger partial charge on any atom is 0.224 e. The molecule has 0 fully saturated rings. The zero-order chi connectivity index (χ0) is 14.3. The number of hydrogen-bond acceptors (Lipinski definition) is 3. The molecule has 0 saturated heterocycles. The molecule has 1 unspecified atom stereocenters. The van der Waals surface area contributed by atoms with Crippen LogP contribution in [0.15, 0.2) is 18.2 Å². The minimum absolute atomic E-state index is 0.0348. The number of aryl methyl sites for hydroxylation is 2. The summed E-state index contributed by atoms with van der Waals surface area (Å²) in [6.45, 7) is 7.58. The quantitative estimate of drug-likeness (QED) is 0.642. The lowest BCUT2D eigenvalue weighted by Crippen LogP contribution is -2.35. The van der Waals surface area contributed by atoms with Crippen LogP contribution in [0.3, 0.4) is 0 Å². The van der Waals surface area contributed by atoms with Crippen molar-refractivity contribution >= 4 is 5.91 Å². The average Bonchev–Trinajstić information content (AvgIpc) is 2.33. The van der Waals surface area contributed by atoms with Gasteiger partial charge in [0, 0.05) is 19.6 Å². The Balaban J connectivity index is 2.29. The molecule has 106 valence electrons. The van der Waals surface area contributed by atoms with Crippen molar-refractivity contribution < 1.29 is 9.90 Å². The summed E-state index contributed by atoms with van der Waals surface area (Å²) < 4.78 is 0. The topological polar surface area (TPSA) is 61.4 Å². The Morgan fingerprint density at radius 1 is 1.32 bits per heavy atom. The molecule has 0 bridgehead atoms. The van der Waals surface area contributed by atoms with Crippen LogP contribution in [0.25, 0.3) is 0 Å². The third-order valence-electron chi connectivity index (χ3n) is 2.92. The normalized spacial score (nSPS) is 12.2. The molecule has 0 aromatic heterocycles. The monoisotopic (exact) mass is 264 g/mol. The molecule has 4 heteroatoms. The van der Waals surface area contributed by atoms with Gasteiger partial charge in [-0.05, 0) is 31.9 Å². The number of aliphatic hydroxyl groups excluding tert-OH is 1. The molecule has 1 amide bonds. The number of amides is 1.